The van der Waals surface area contributed by atoms with Crippen molar-refractivity contribution in [2.24, 2.45) is 0 Å². The first kappa shape index (κ1) is 17.3. The van der Waals surface area contributed by atoms with E-state index in [4.69, 9.17) is 4.74 Å². The van der Waals surface area contributed by atoms with E-state index >= 15 is 0 Å². The summed E-state index contributed by atoms with van der Waals surface area (Å²) in [5, 5.41) is 8.01. The minimum absolute atomic E-state index is 0.181. The Morgan fingerprint density at radius 1 is 1.41 bits per heavy atom. The summed E-state index contributed by atoms with van der Waals surface area (Å²) >= 11 is 1.73. The fraction of sp³-hybridized carbons (Fsp3) is 0.706. The first-order chi connectivity index (χ1) is 10.3. The van der Waals surface area contributed by atoms with E-state index in [2.05, 4.69) is 29.1 Å². The molecule has 0 aliphatic carbocycles. The van der Waals surface area contributed by atoms with Crippen LogP contribution in [0.25, 0.3) is 0 Å². The molecule has 2 unspecified atom stereocenters. The predicted octanol–water partition coefficient (Wildman–Crippen LogP) is 4.19. The average Bonchev–Trinajstić information content (AvgIpc) is 2.84. The zero-order chi connectivity index (χ0) is 16.2. The minimum Gasteiger partial charge on any atom is -0.444 e. The third-order valence-corrected chi connectivity index (χ3v) is 4.61. The standard InChI is InChI=1S/C17H28N2O2S/c1-13(14-8-11-22-12-14)18-15-6-5-9-19(10-7-15)16(20)21-17(2,3)4/h8,11-13,15,18H,5-7,9-10H2,1-4H3. The molecule has 5 heteroatoms. The minimum atomic E-state index is -0.422. The van der Waals surface area contributed by atoms with Gasteiger partial charge in [-0.3, -0.25) is 0 Å². The van der Waals surface area contributed by atoms with Crippen molar-refractivity contribution in [2.75, 3.05) is 13.1 Å². The van der Waals surface area contributed by atoms with E-state index in [1.165, 1.54) is 5.56 Å². The molecular formula is C17H28N2O2S. The maximum absolute atomic E-state index is 12.2. The van der Waals surface area contributed by atoms with Crippen LogP contribution in [0.15, 0.2) is 16.8 Å². The number of carbonyl (C=O) groups excluding carboxylic acids is 1. The lowest BCUT2D eigenvalue weighted by molar-refractivity contribution is 0.0256. The van der Waals surface area contributed by atoms with Crippen LogP contribution in [-0.2, 0) is 4.74 Å². The molecule has 1 aliphatic rings. The lowest BCUT2D eigenvalue weighted by Gasteiger charge is -2.26. The molecule has 2 rings (SSSR count). The summed E-state index contributed by atoms with van der Waals surface area (Å²) in [6, 6.07) is 3.00. The molecule has 22 heavy (non-hydrogen) atoms. The van der Waals surface area contributed by atoms with Crippen molar-refractivity contribution in [3.63, 3.8) is 0 Å². The van der Waals surface area contributed by atoms with Gasteiger partial charge in [-0.25, -0.2) is 4.79 Å². The highest BCUT2D eigenvalue weighted by Crippen LogP contribution is 2.20. The number of amides is 1. The van der Waals surface area contributed by atoms with Gasteiger partial charge in [-0.2, -0.15) is 11.3 Å². The number of carbonyl (C=O) groups is 1. The van der Waals surface area contributed by atoms with Gasteiger partial charge in [-0.15, -0.1) is 0 Å². The van der Waals surface area contributed by atoms with Crippen molar-refractivity contribution in [1.29, 1.82) is 0 Å². The Morgan fingerprint density at radius 3 is 2.82 bits per heavy atom. The topological polar surface area (TPSA) is 41.6 Å². The third kappa shape index (κ3) is 5.29. The van der Waals surface area contributed by atoms with Crippen LogP contribution in [0.5, 0.6) is 0 Å². The highest BCUT2D eigenvalue weighted by Gasteiger charge is 2.25. The van der Waals surface area contributed by atoms with Crippen LogP contribution in [0.2, 0.25) is 0 Å². The van der Waals surface area contributed by atoms with Crippen LogP contribution >= 0.6 is 11.3 Å². The van der Waals surface area contributed by atoms with Gasteiger partial charge in [0, 0.05) is 25.2 Å². The molecule has 0 radical (unpaired) electrons. The van der Waals surface area contributed by atoms with Gasteiger partial charge < -0.3 is 15.0 Å². The molecule has 1 amide bonds. The predicted molar refractivity (Wildman–Crippen MR) is 91.3 cm³/mol. The Labute approximate surface area is 137 Å². The number of hydrogen-bond donors (Lipinski definition) is 1. The molecule has 4 nitrogen and oxygen atoms in total. The molecule has 0 aromatic carbocycles. The number of likely N-dealkylation sites (tertiary alicyclic amines) is 1. The van der Waals surface area contributed by atoms with Gasteiger partial charge in [-0.1, -0.05) is 0 Å². The normalized spacial score (nSPS) is 21.3. The molecule has 0 bridgehead atoms. The molecule has 1 aromatic rings. The van der Waals surface area contributed by atoms with Crippen molar-refractivity contribution in [2.45, 2.75) is 64.6 Å². The van der Waals surface area contributed by atoms with E-state index < -0.39 is 5.60 Å². The number of nitrogens with one attached hydrogen (secondary N) is 1. The largest absolute Gasteiger partial charge is 0.444 e. The van der Waals surface area contributed by atoms with Crippen LogP contribution in [0.1, 0.15) is 58.6 Å². The van der Waals surface area contributed by atoms with Gasteiger partial charge in [-0.05, 0) is 69.3 Å². The van der Waals surface area contributed by atoms with Crippen LogP contribution in [0.4, 0.5) is 4.79 Å². The van der Waals surface area contributed by atoms with E-state index in [1.807, 2.05) is 25.7 Å². The number of thiophene rings is 1. The van der Waals surface area contributed by atoms with E-state index in [9.17, 15) is 4.79 Å². The second kappa shape index (κ2) is 7.47. The van der Waals surface area contributed by atoms with Crippen molar-refractivity contribution in [1.82, 2.24) is 10.2 Å². The van der Waals surface area contributed by atoms with Crippen molar-refractivity contribution >= 4 is 17.4 Å². The van der Waals surface area contributed by atoms with Crippen LogP contribution in [0, 0.1) is 0 Å². The van der Waals surface area contributed by atoms with E-state index in [-0.39, 0.29) is 6.09 Å². The zero-order valence-corrected chi connectivity index (χ0v) is 14.9. The zero-order valence-electron chi connectivity index (χ0n) is 14.1. The molecule has 1 aromatic heterocycles. The average molecular weight is 324 g/mol. The lowest BCUT2D eigenvalue weighted by Crippen LogP contribution is -2.38. The second-order valence-corrected chi connectivity index (χ2v) is 7.82. The summed E-state index contributed by atoms with van der Waals surface area (Å²) in [5.41, 5.74) is 0.923. The van der Waals surface area contributed by atoms with Gasteiger partial charge in [0.25, 0.3) is 0 Å². The molecule has 124 valence electrons. The highest BCUT2D eigenvalue weighted by molar-refractivity contribution is 7.07. The van der Waals surface area contributed by atoms with Crippen molar-refractivity contribution in [3.8, 4) is 0 Å². The van der Waals surface area contributed by atoms with Gasteiger partial charge in [0.1, 0.15) is 5.60 Å². The maximum atomic E-state index is 12.2. The van der Waals surface area contributed by atoms with E-state index in [1.54, 1.807) is 11.3 Å². The van der Waals surface area contributed by atoms with Gasteiger partial charge in [0.05, 0.1) is 0 Å². The van der Waals surface area contributed by atoms with Crippen molar-refractivity contribution < 1.29 is 9.53 Å². The van der Waals surface area contributed by atoms with E-state index in [0.29, 0.717) is 12.1 Å². The van der Waals surface area contributed by atoms with Crippen molar-refractivity contribution in [3.05, 3.63) is 22.4 Å². The highest BCUT2D eigenvalue weighted by atomic mass is 32.1. The molecule has 2 heterocycles. The molecule has 1 N–H and O–H groups in total. The summed E-state index contributed by atoms with van der Waals surface area (Å²) < 4.78 is 5.48. The van der Waals surface area contributed by atoms with Gasteiger partial charge in [0.15, 0.2) is 0 Å². The number of nitrogens with zero attached hydrogens (tertiary/aromatic N) is 1. The summed E-state index contributed by atoms with van der Waals surface area (Å²) in [6.07, 6.45) is 2.92. The van der Waals surface area contributed by atoms with Gasteiger partial charge in [0.2, 0.25) is 0 Å². The first-order valence-corrected chi connectivity index (χ1v) is 9.05. The molecule has 0 saturated carbocycles. The molecule has 1 fully saturated rings. The molecular weight excluding hydrogens is 296 g/mol. The monoisotopic (exact) mass is 324 g/mol. The summed E-state index contributed by atoms with van der Waals surface area (Å²) in [7, 11) is 0. The fourth-order valence-electron chi connectivity index (χ4n) is 2.74. The van der Waals surface area contributed by atoms with Crippen LogP contribution < -0.4 is 5.32 Å². The molecule has 1 aliphatic heterocycles. The summed E-state index contributed by atoms with van der Waals surface area (Å²) in [4.78, 5) is 14.0. The second-order valence-electron chi connectivity index (χ2n) is 7.04. The first-order valence-electron chi connectivity index (χ1n) is 8.11. The lowest BCUT2D eigenvalue weighted by atomic mass is 10.1. The summed E-state index contributed by atoms with van der Waals surface area (Å²) in [5.74, 6) is 0. The Morgan fingerprint density at radius 2 is 2.18 bits per heavy atom. The third-order valence-electron chi connectivity index (χ3n) is 3.91. The molecule has 0 spiro atoms. The Kier molecular flexibility index (Phi) is 5.87. The Bertz CT molecular complexity index is 468. The Balaban J connectivity index is 1.83. The van der Waals surface area contributed by atoms with Gasteiger partial charge >= 0.3 is 6.09 Å². The smallest absolute Gasteiger partial charge is 0.410 e. The van der Waals surface area contributed by atoms with Crippen LogP contribution in [0.3, 0.4) is 0 Å². The summed E-state index contributed by atoms with van der Waals surface area (Å²) in [6.45, 7) is 9.50. The maximum Gasteiger partial charge on any atom is 0.410 e. The van der Waals surface area contributed by atoms with E-state index in [0.717, 1.165) is 32.4 Å². The molecule has 2 atom stereocenters. The number of rotatable bonds is 3. The Hall–Kier alpha value is -1.07. The molecule has 1 saturated heterocycles. The van der Waals surface area contributed by atoms with Crippen LogP contribution in [-0.4, -0.2) is 35.7 Å². The fourth-order valence-corrected chi connectivity index (χ4v) is 3.50. The number of hydrogen-bond acceptors (Lipinski definition) is 4. The number of ether oxygens (including phenoxy) is 1. The SMILES string of the molecule is CC(NC1CCCN(C(=O)OC(C)(C)C)CC1)c1ccsc1. The quantitative estimate of drug-likeness (QED) is 0.906.